The van der Waals surface area contributed by atoms with Gasteiger partial charge in [0.15, 0.2) is 0 Å². The van der Waals surface area contributed by atoms with Gasteiger partial charge in [0.1, 0.15) is 5.82 Å². The molecule has 2 rings (SSSR count). The van der Waals surface area contributed by atoms with Gasteiger partial charge in [-0.2, -0.15) is 0 Å². The highest BCUT2D eigenvalue weighted by molar-refractivity contribution is 5.36. The number of rotatable bonds is 3. The van der Waals surface area contributed by atoms with Crippen molar-refractivity contribution in [2.24, 2.45) is 0 Å². The molecule has 0 aromatic heterocycles. The van der Waals surface area contributed by atoms with Crippen LogP contribution in [-0.2, 0) is 0 Å². The highest BCUT2D eigenvalue weighted by Gasteiger charge is 2.30. The zero-order chi connectivity index (χ0) is 12.4. The molecule has 2 unspecified atom stereocenters. The lowest BCUT2D eigenvalue weighted by molar-refractivity contribution is 0.473. The molecule has 1 aliphatic carbocycles. The summed E-state index contributed by atoms with van der Waals surface area (Å²) in [6, 6.07) is 4.22. The summed E-state index contributed by atoms with van der Waals surface area (Å²) in [6.07, 6.45) is 3.48. The van der Waals surface area contributed by atoms with Crippen molar-refractivity contribution in [1.29, 1.82) is 0 Å². The Hall–Kier alpha value is -0.890. The van der Waals surface area contributed by atoms with E-state index >= 15 is 0 Å². The molecule has 0 bridgehead atoms. The van der Waals surface area contributed by atoms with E-state index in [1.807, 2.05) is 13.8 Å². The Labute approximate surface area is 103 Å². The third kappa shape index (κ3) is 2.52. The molecule has 1 nitrogen and oxygen atoms in total. The third-order valence-corrected chi connectivity index (χ3v) is 3.83. The van der Waals surface area contributed by atoms with E-state index in [9.17, 15) is 4.39 Å². The fraction of sp³-hybridized carbons (Fsp3) is 0.600. The summed E-state index contributed by atoms with van der Waals surface area (Å²) in [4.78, 5) is 0. The lowest BCUT2D eigenvalue weighted by Crippen LogP contribution is -2.31. The van der Waals surface area contributed by atoms with Crippen LogP contribution in [0.25, 0.3) is 0 Å². The van der Waals surface area contributed by atoms with Gasteiger partial charge in [0.05, 0.1) is 0 Å². The van der Waals surface area contributed by atoms with Gasteiger partial charge in [-0.1, -0.05) is 19.4 Å². The first-order chi connectivity index (χ1) is 8.13. The standard InChI is InChI=1S/C15H22FN/c1-4-17-14-7-5-6-12(14)15-11(3)8-10(2)9-13(15)16/h8-9,12,14,17H,4-7H2,1-3H3. The highest BCUT2D eigenvalue weighted by atomic mass is 19.1. The number of hydrogen-bond donors (Lipinski definition) is 1. The van der Waals surface area contributed by atoms with Crippen molar-refractivity contribution in [1.82, 2.24) is 5.32 Å². The van der Waals surface area contributed by atoms with E-state index in [1.54, 1.807) is 6.07 Å². The number of benzene rings is 1. The summed E-state index contributed by atoms with van der Waals surface area (Å²) in [5.41, 5.74) is 3.07. The molecule has 1 aliphatic rings. The lowest BCUT2D eigenvalue weighted by atomic mass is 9.89. The van der Waals surface area contributed by atoms with Gasteiger partial charge < -0.3 is 5.32 Å². The van der Waals surface area contributed by atoms with E-state index in [0.717, 1.165) is 29.7 Å². The molecule has 0 spiro atoms. The first kappa shape index (κ1) is 12.6. The van der Waals surface area contributed by atoms with Crippen LogP contribution in [0, 0.1) is 19.7 Å². The maximum absolute atomic E-state index is 14.1. The van der Waals surface area contributed by atoms with E-state index in [4.69, 9.17) is 0 Å². The fourth-order valence-electron chi connectivity index (χ4n) is 3.21. The molecule has 17 heavy (non-hydrogen) atoms. The molecule has 1 N–H and O–H groups in total. The lowest BCUT2D eigenvalue weighted by Gasteiger charge is -2.23. The SMILES string of the molecule is CCNC1CCCC1c1c(C)cc(C)cc1F. The minimum Gasteiger partial charge on any atom is -0.314 e. The molecular formula is C15H22FN. The molecule has 1 saturated carbocycles. The van der Waals surface area contributed by atoms with Crippen LogP contribution in [0.3, 0.4) is 0 Å². The topological polar surface area (TPSA) is 12.0 Å². The van der Waals surface area contributed by atoms with Crippen molar-refractivity contribution in [3.63, 3.8) is 0 Å². The molecule has 2 atom stereocenters. The molecule has 1 aromatic rings. The van der Waals surface area contributed by atoms with E-state index in [-0.39, 0.29) is 5.82 Å². The monoisotopic (exact) mass is 235 g/mol. The Morgan fingerprint density at radius 2 is 2.06 bits per heavy atom. The van der Waals surface area contributed by atoms with E-state index in [0.29, 0.717) is 12.0 Å². The Morgan fingerprint density at radius 3 is 2.71 bits per heavy atom. The average molecular weight is 235 g/mol. The summed E-state index contributed by atoms with van der Waals surface area (Å²) >= 11 is 0. The average Bonchev–Trinajstić information content (AvgIpc) is 2.65. The third-order valence-electron chi connectivity index (χ3n) is 3.83. The van der Waals surface area contributed by atoms with Crippen molar-refractivity contribution in [3.05, 3.63) is 34.6 Å². The van der Waals surface area contributed by atoms with E-state index in [2.05, 4.69) is 18.3 Å². The largest absolute Gasteiger partial charge is 0.314 e. The highest BCUT2D eigenvalue weighted by Crippen LogP contribution is 2.37. The van der Waals surface area contributed by atoms with Crippen molar-refractivity contribution in [3.8, 4) is 0 Å². The fourth-order valence-corrected chi connectivity index (χ4v) is 3.21. The van der Waals surface area contributed by atoms with Crippen LogP contribution < -0.4 is 5.32 Å². The van der Waals surface area contributed by atoms with Crippen LogP contribution in [0.1, 0.15) is 48.8 Å². The number of halogens is 1. The van der Waals surface area contributed by atoms with Gasteiger partial charge in [-0.05, 0) is 56.0 Å². The maximum atomic E-state index is 14.1. The van der Waals surface area contributed by atoms with Crippen molar-refractivity contribution in [2.45, 2.75) is 52.0 Å². The van der Waals surface area contributed by atoms with Gasteiger partial charge in [-0.25, -0.2) is 4.39 Å². The Bertz CT molecular complexity index is 377. The second kappa shape index (κ2) is 5.18. The summed E-state index contributed by atoms with van der Waals surface area (Å²) in [7, 11) is 0. The molecule has 1 fully saturated rings. The molecule has 0 aliphatic heterocycles. The number of likely N-dealkylation sites (N-methyl/N-ethyl adjacent to an activating group) is 1. The smallest absolute Gasteiger partial charge is 0.127 e. The molecule has 1 aromatic carbocycles. The van der Waals surface area contributed by atoms with Gasteiger partial charge >= 0.3 is 0 Å². The van der Waals surface area contributed by atoms with Crippen LogP contribution in [0.15, 0.2) is 12.1 Å². The Kier molecular flexibility index (Phi) is 3.82. The van der Waals surface area contributed by atoms with Crippen LogP contribution in [0.4, 0.5) is 4.39 Å². The molecular weight excluding hydrogens is 213 g/mol. The number of nitrogens with one attached hydrogen (secondary N) is 1. The van der Waals surface area contributed by atoms with Crippen molar-refractivity contribution >= 4 is 0 Å². The molecule has 94 valence electrons. The van der Waals surface area contributed by atoms with Crippen LogP contribution in [0.5, 0.6) is 0 Å². The minimum absolute atomic E-state index is 0.0164. The predicted molar refractivity (Wildman–Crippen MR) is 69.9 cm³/mol. The van der Waals surface area contributed by atoms with Gasteiger partial charge in [-0.15, -0.1) is 0 Å². The zero-order valence-electron chi connectivity index (χ0n) is 11.0. The normalized spacial score (nSPS) is 24.2. The molecule has 2 heteroatoms. The molecule has 0 amide bonds. The minimum atomic E-state index is -0.0164. The molecule has 0 saturated heterocycles. The van der Waals surface area contributed by atoms with Gasteiger partial charge in [0.2, 0.25) is 0 Å². The van der Waals surface area contributed by atoms with Crippen LogP contribution in [0.2, 0.25) is 0 Å². The zero-order valence-corrected chi connectivity index (χ0v) is 11.0. The predicted octanol–water partition coefficient (Wildman–Crippen LogP) is 3.69. The first-order valence-corrected chi connectivity index (χ1v) is 6.63. The van der Waals surface area contributed by atoms with E-state index < -0.39 is 0 Å². The van der Waals surface area contributed by atoms with Crippen molar-refractivity contribution < 1.29 is 4.39 Å². The molecule has 0 radical (unpaired) electrons. The quantitative estimate of drug-likeness (QED) is 0.842. The van der Waals surface area contributed by atoms with E-state index in [1.165, 1.54) is 12.8 Å². The maximum Gasteiger partial charge on any atom is 0.127 e. The van der Waals surface area contributed by atoms with Crippen molar-refractivity contribution in [2.75, 3.05) is 6.54 Å². The summed E-state index contributed by atoms with van der Waals surface area (Å²) in [6.45, 7) is 7.07. The Morgan fingerprint density at radius 1 is 1.29 bits per heavy atom. The van der Waals surface area contributed by atoms with Crippen LogP contribution in [-0.4, -0.2) is 12.6 Å². The second-order valence-corrected chi connectivity index (χ2v) is 5.18. The first-order valence-electron chi connectivity index (χ1n) is 6.63. The Balaban J connectivity index is 2.33. The van der Waals surface area contributed by atoms with Gasteiger partial charge in [0, 0.05) is 12.0 Å². The summed E-state index contributed by atoms with van der Waals surface area (Å²) in [5.74, 6) is 0.341. The number of aryl methyl sites for hydroxylation is 2. The second-order valence-electron chi connectivity index (χ2n) is 5.18. The van der Waals surface area contributed by atoms with Gasteiger partial charge in [0.25, 0.3) is 0 Å². The van der Waals surface area contributed by atoms with Crippen LogP contribution >= 0.6 is 0 Å². The summed E-state index contributed by atoms with van der Waals surface area (Å²) in [5, 5.41) is 3.50. The van der Waals surface area contributed by atoms with Gasteiger partial charge in [-0.3, -0.25) is 0 Å². The molecule has 0 heterocycles. The number of hydrogen-bond acceptors (Lipinski definition) is 1. The summed E-state index contributed by atoms with van der Waals surface area (Å²) < 4.78 is 14.1.